The lowest BCUT2D eigenvalue weighted by molar-refractivity contribution is -0.115. The number of halogens is 1. The predicted octanol–water partition coefficient (Wildman–Crippen LogP) is 4.13. The van der Waals surface area contributed by atoms with E-state index in [2.05, 4.69) is 15.6 Å². The minimum atomic E-state index is -0.296. The molecule has 2 heterocycles. The van der Waals surface area contributed by atoms with Crippen LogP contribution in [0.25, 0.3) is 0 Å². The predicted molar refractivity (Wildman–Crippen MR) is 97.3 cm³/mol. The van der Waals surface area contributed by atoms with Crippen molar-refractivity contribution in [3.05, 3.63) is 64.0 Å². The topological polar surface area (TPSA) is 84.2 Å². The fraction of sp³-hybridized carbons (Fsp3) is 0.118. The van der Waals surface area contributed by atoms with E-state index in [4.69, 9.17) is 16.0 Å². The summed E-state index contributed by atoms with van der Waals surface area (Å²) in [4.78, 5) is 28.4. The van der Waals surface area contributed by atoms with Crippen molar-refractivity contribution >= 4 is 45.6 Å². The van der Waals surface area contributed by atoms with Crippen LogP contribution in [0.5, 0.6) is 0 Å². The fourth-order valence-corrected chi connectivity index (χ4v) is 3.06. The van der Waals surface area contributed by atoms with E-state index in [1.807, 2.05) is 0 Å². The van der Waals surface area contributed by atoms with Crippen molar-refractivity contribution in [2.24, 2.45) is 0 Å². The minimum Gasteiger partial charge on any atom is -0.469 e. The second kappa shape index (κ2) is 7.50. The van der Waals surface area contributed by atoms with E-state index < -0.39 is 0 Å². The largest absolute Gasteiger partial charge is 0.469 e. The summed E-state index contributed by atoms with van der Waals surface area (Å²) in [5.74, 6) is 0.0295. The van der Waals surface area contributed by atoms with Gasteiger partial charge in [-0.2, -0.15) is 0 Å². The van der Waals surface area contributed by atoms with Crippen molar-refractivity contribution in [3.8, 4) is 0 Å². The van der Waals surface area contributed by atoms with Gasteiger partial charge in [0.2, 0.25) is 5.91 Å². The number of amides is 2. The molecule has 2 amide bonds. The minimum absolute atomic E-state index is 0.101. The number of benzene rings is 1. The molecule has 0 fully saturated rings. The van der Waals surface area contributed by atoms with Crippen LogP contribution in [0, 0.1) is 6.92 Å². The van der Waals surface area contributed by atoms with E-state index >= 15 is 0 Å². The van der Waals surface area contributed by atoms with Crippen molar-refractivity contribution in [1.82, 2.24) is 4.98 Å². The zero-order chi connectivity index (χ0) is 17.8. The van der Waals surface area contributed by atoms with Gasteiger partial charge in [0.15, 0.2) is 5.13 Å². The Bertz CT molecular complexity index is 919. The van der Waals surface area contributed by atoms with Crippen LogP contribution in [0.2, 0.25) is 5.02 Å². The molecule has 0 spiro atoms. The number of carbonyl (C=O) groups is 2. The lowest BCUT2D eigenvalue weighted by Crippen LogP contribution is -2.15. The van der Waals surface area contributed by atoms with E-state index in [1.165, 1.54) is 17.6 Å². The lowest BCUT2D eigenvalue weighted by atomic mass is 10.2. The van der Waals surface area contributed by atoms with Gasteiger partial charge in [0.05, 0.1) is 23.9 Å². The van der Waals surface area contributed by atoms with Gasteiger partial charge in [-0.3, -0.25) is 14.9 Å². The molecule has 2 N–H and O–H groups in total. The molecule has 6 nitrogen and oxygen atoms in total. The molecule has 25 heavy (non-hydrogen) atoms. The summed E-state index contributed by atoms with van der Waals surface area (Å²) >= 11 is 7.14. The van der Waals surface area contributed by atoms with Crippen molar-refractivity contribution in [1.29, 1.82) is 0 Å². The molecule has 0 bridgehead atoms. The number of anilines is 2. The molecule has 3 rings (SSSR count). The quantitative estimate of drug-likeness (QED) is 0.702. The van der Waals surface area contributed by atoms with Crippen LogP contribution >= 0.6 is 22.9 Å². The lowest BCUT2D eigenvalue weighted by Gasteiger charge is -2.04. The molecule has 0 saturated heterocycles. The second-order valence-electron chi connectivity index (χ2n) is 5.22. The molecule has 128 valence electrons. The molecular formula is C17H14ClN3O3S. The maximum atomic E-state index is 12.1. The first kappa shape index (κ1) is 17.2. The van der Waals surface area contributed by atoms with Crippen molar-refractivity contribution < 1.29 is 14.0 Å². The number of nitrogens with one attached hydrogen (secondary N) is 2. The molecule has 0 atom stereocenters. The maximum absolute atomic E-state index is 12.1. The second-order valence-corrected chi connectivity index (χ2v) is 6.52. The van der Waals surface area contributed by atoms with E-state index in [0.717, 1.165) is 0 Å². The Hall–Kier alpha value is -2.64. The van der Waals surface area contributed by atoms with E-state index in [1.54, 1.807) is 42.6 Å². The zero-order valence-corrected chi connectivity index (χ0v) is 14.8. The van der Waals surface area contributed by atoms with Crippen molar-refractivity contribution in [3.63, 3.8) is 0 Å². The van der Waals surface area contributed by atoms with Crippen LogP contribution < -0.4 is 10.6 Å². The van der Waals surface area contributed by atoms with Gasteiger partial charge in [-0.15, -0.1) is 11.3 Å². The molecule has 0 radical (unpaired) electrons. The summed E-state index contributed by atoms with van der Waals surface area (Å²) in [5.41, 5.74) is 1.65. The number of furan rings is 1. The Balaban J connectivity index is 1.59. The van der Waals surface area contributed by atoms with Crippen LogP contribution in [0.15, 0.2) is 46.4 Å². The highest BCUT2D eigenvalue weighted by atomic mass is 35.5. The van der Waals surface area contributed by atoms with E-state index in [9.17, 15) is 9.59 Å². The Morgan fingerprint density at radius 1 is 1.28 bits per heavy atom. The average Bonchev–Trinajstić information content (AvgIpc) is 3.16. The zero-order valence-electron chi connectivity index (χ0n) is 13.2. The summed E-state index contributed by atoms with van der Waals surface area (Å²) in [5, 5.41) is 8.15. The Morgan fingerprint density at radius 2 is 2.12 bits per heavy atom. The van der Waals surface area contributed by atoms with Crippen LogP contribution in [-0.2, 0) is 11.2 Å². The number of hydrogen-bond acceptors (Lipinski definition) is 5. The molecule has 1 aromatic carbocycles. The monoisotopic (exact) mass is 375 g/mol. The number of aromatic nitrogens is 1. The third-order valence-electron chi connectivity index (χ3n) is 3.33. The highest BCUT2D eigenvalue weighted by molar-refractivity contribution is 7.14. The van der Waals surface area contributed by atoms with Gasteiger partial charge in [-0.1, -0.05) is 17.7 Å². The van der Waals surface area contributed by atoms with Gasteiger partial charge in [-0.25, -0.2) is 4.98 Å². The third-order valence-corrected chi connectivity index (χ3v) is 4.37. The number of thiazole rings is 1. The van der Waals surface area contributed by atoms with Crippen LogP contribution in [0.4, 0.5) is 10.8 Å². The van der Waals surface area contributed by atoms with Gasteiger partial charge in [0, 0.05) is 16.1 Å². The standard InChI is InChI=1S/C17H14ClN3O3S/c1-10-14(5-6-24-10)16(23)21-17-20-13(9-25-17)8-15(22)19-12-4-2-3-11(18)7-12/h2-7,9H,8H2,1H3,(H,19,22)(H,20,21,23). The molecular weight excluding hydrogens is 362 g/mol. The number of nitrogens with zero attached hydrogens (tertiary/aromatic N) is 1. The maximum Gasteiger partial charge on any atom is 0.260 e. The highest BCUT2D eigenvalue weighted by Gasteiger charge is 2.14. The van der Waals surface area contributed by atoms with Crippen LogP contribution in [-0.4, -0.2) is 16.8 Å². The normalized spacial score (nSPS) is 10.5. The molecule has 0 aliphatic carbocycles. The number of hydrogen-bond donors (Lipinski definition) is 2. The number of aryl methyl sites for hydroxylation is 1. The van der Waals surface area contributed by atoms with Crippen LogP contribution in [0.3, 0.4) is 0 Å². The molecule has 8 heteroatoms. The van der Waals surface area contributed by atoms with Gasteiger partial charge < -0.3 is 9.73 Å². The van der Waals surface area contributed by atoms with Gasteiger partial charge in [-0.05, 0) is 31.2 Å². The Kier molecular flexibility index (Phi) is 5.16. The van der Waals surface area contributed by atoms with E-state index in [0.29, 0.717) is 32.9 Å². The highest BCUT2D eigenvalue weighted by Crippen LogP contribution is 2.19. The van der Waals surface area contributed by atoms with Crippen molar-refractivity contribution in [2.45, 2.75) is 13.3 Å². The van der Waals surface area contributed by atoms with Gasteiger partial charge in [0.25, 0.3) is 5.91 Å². The number of rotatable bonds is 5. The molecule has 2 aromatic heterocycles. The van der Waals surface area contributed by atoms with Crippen LogP contribution in [0.1, 0.15) is 21.8 Å². The molecule has 0 aliphatic heterocycles. The molecule has 0 saturated carbocycles. The smallest absolute Gasteiger partial charge is 0.260 e. The summed E-state index contributed by atoms with van der Waals surface area (Å²) in [6.45, 7) is 1.71. The molecule has 0 unspecified atom stereocenters. The Labute approximate surface area is 152 Å². The Morgan fingerprint density at radius 3 is 2.84 bits per heavy atom. The van der Waals surface area contributed by atoms with Crippen molar-refractivity contribution in [2.75, 3.05) is 10.6 Å². The number of carbonyl (C=O) groups excluding carboxylic acids is 2. The average molecular weight is 376 g/mol. The van der Waals surface area contributed by atoms with E-state index in [-0.39, 0.29) is 18.2 Å². The third kappa shape index (κ3) is 4.46. The SMILES string of the molecule is Cc1occc1C(=O)Nc1nc(CC(=O)Nc2cccc(Cl)c2)cs1. The summed E-state index contributed by atoms with van der Waals surface area (Å²) in [7, 11) is 0. The first-order chi connectivity index (χ1) is 12.0. The fourth-order valence-electron chi connectivity index (χ4n) is 2.17. The van der Waals surface area contributed by atoms with Gasteiger partial charge in [0.1, 0.15) is 5.76 Å². The summed E-state index contributed by atoms with van der Waals surface area (Å²) in [6, 6.07) is 8.50. The van der Waals surface area contributed by atoms with Gasteiger partial charge >= 0.3 is 0 Å². The first-order valence-corrected chi connectivity index (χ1v) is 8.62. The first-order valence-electron chi connectivity index (χ1n) is 7.36. The molecule has 3 aromatic rings. The summed E-state index contributed by atoms with van der Waals surface area (Å²) in [6.07, 6.45) is 1.56. The molecule has 0 aliphatic rings. The summed E-state index contributed by atoms with van der Waals surface area (Å²) < 4.78 is 5.11.